The Morgan fingerprint density at radius 2 is 2.00 bits per heavy atom. The lowest BCUT2D eigenvalue weighted by Gasteiger charge is -2.37. The van der Waals surface area contributed by atoms with Crippen molar-refractivity contribution < 1.29 is 18.1 Å². The van der Waals surface area contributed by atoms with Gasteiger partial charge in [0.05, 0.1) is 5.92 Å². The molecule has 2 heterocycles. The van der Waals surface area contributed by atoms with Crippen molar-refractivity contribution in [2.45, 2.75) is 12.8 Å². The number of hydrogen-bond acceptors (Lipinski definition) is 4. The van der Waals surface area contributed by atoms with Crippen LogP contribution in [-0.4, -0.2) is 34.0 Å². The van der Waals surface area contributed by atoms with Crippen molar-refractivity contribution in [1.82, 2.24) is 15.0 Å². The first-order chi connectivity index (χ1) is 9.56. The number of likely N-dealkylation sites (tertiary alicyclic amines) is 1. The third kappa shape index (κ3) is 2.04. The fraction of sp³-hybridized carbons (Fsp3) is 0.308. The molecule has 0 bridgehead atoms. The van der Waals surface area contributed by atoms with Gasteiger partial charge in [-0.2, -0.15) is 4.98 Å². The minimum absolute atomic E-state index is 0.0741. The maximum absolute atomic E-state index is 13.5. The van der Waals surface area contributed by atoms with Gasteiger partial charge in [-0.1, -0.05) is 11.2 Å². The molecule has 0 N–H and O–H groups in total. The van der Waals surface area contributed by atoms with Crippen LogP contribution in [0.15, 0.2) is 22.7 Å². The van der Waals surface area contributed by atoms with Crippen molar-refractivity contribution >= 4 is 5.91 Å². The summed E-state index contributed by atoms with van der Waals surface area (Å²) in [5.74, 6) is -1.48. The fourth-order valence-electron chi connectivity index (χ4n) is 2.14. The second-order valence-corrected chi connectivity index (χ2v) is 4.68. The number of halogens is 2. The average molecular weight is 279 g/mol. The first kappa shape index (κ1) is 12.7. The second kappa shape index (κ2) is 4.66. The largest absolute Gasteiger partial charge is 0.339 e. The molecule has 0 atom stereocenters. The molecule has 0 radical (unpaired) electrons. The summed E-state index contributed by atoms with van der Waals surface area (Å²) in [4.78, 5) is 17.5. The van der Waals surface area contributed by atoms with Gasteiger partial charge >= 0.3 is 0 Å². The molecule has 1 amide bonds. The third-order valence-corrected chi connectivity index (χ3v) is 3.24. The standard InChI is InChI=1S/C13H11F2N3O2/c1-7-16-12(20-17-7)8-5-18(6-8)13(19)11-9(14)3-2-4-10(11)15/h2-4,8H,5-6H2,1H3. The van der Waals surface area contributed by atoms with Crippen molar-refractivity contribution in [3.63, 3.8) is 0 Å². The molecule has 0 spiro atoms. The molecular weight excluding hydrogens is 268 g/mol. The lowest BCUT2D eigenvalue weighted by molar-refractivity contribution is 0.0559. The van der Waals surface area contributed by atoms with Gasteiger partial charge in [-0.3, -0.25) is 4.79 Å². The molecule has 0 aliphatic carbocycles. The van der Waals surface area contributed by atoms with Gasteiger partial charge in [0.25, 0.3) is 5.91 Å². The number of aromatic nitrogens is 2. The van der Waals surface area contributed by atoms with Crippen molar-refractivity contribution in [3.05, 3.63) is 47.1 Å². The molecule has 7 heteroatoms. The van der Waals surface area contributed by atoms with Crippen LogP contribution in [0.3, 0.4) is 0 Å². The molecule has 0 saturated carbocycles. The van der Waals surface area contributed by atoms with Gasteiger partial charge in [0.1, 0.15) is 17.2 Å². The molecule has 1 aliphatic rings. The first-order valence-electron chi connectivity index (χ1n) is 6.09. The summed E-state index contributed by atoms with van der Waals surface area (Å²) in [5, 5.41) is 3.67. The minimum Gasteiger partial charge on any atom is -0.339 e. The van der Waals surface area contributed by atoms with E-state index in [1.165, 1.54) is 11.0 Å². The van der Waals surface area contributed by atoms with Crippen LogP contribution in [0.2, 0.25) is 0 Å². The molecule has 0 unspecified atom stereocenters. The maximum Gasteiger partial charge on any atom is 0.259 e. The van der Waals surface area contributed by atoms with E-state index in [9.17, 15) is 13.6 Å². The molecule has 1 aromatic heterocycles. The Morgan fingerprint density at radius 1 is 1.35 bits per heavy atom. The Hall–Kier alpha value is -2.31. The molecule has 20 heavy (non-hydrogen) atoms. The predicted molar refractivity (Wildman–Crippen MR) is 64.0 cm³/mol. The highest BCUT2D eigenvalue weighted by Gasteiger charge is 2.37. The Balaban J connectivity index is 1.72. The van der Waals surface area contributed by atoms with E-state index in [0.717, 1.165) is 12.1 Å². The Bertz CT molecular complexity index is 645. The van der Waals surface area contributed by atoms with Crippen LogP contribution in [0.1, 0.15) is 28.0 Å². The van der Waals surface area contributed by atoms with E-state index in [-0.39, 0.29) is 5.92 Å². The third-order valence-electron chi connectivity index (χ3n) is 3.24. The minimum atomic E-state index is -0.855. The number of carbonyl (C=O) groups excluding carboxylic acids is 1. The topological polar surface area (TPSA) is 59.2 Å². The van der Waals surface area contributed by atoms with Crippen LogP contribution in [0.25, 0.3) is 0 Å². The zero-order chi connectivity index (χ0) is 14.3. The average Bonchev–Trinajstić information content (AvgIpc) is 2.73. The van der Waals surface area contributed by atoms with Crippen molar-refractivity contribution in [2.24, 2.45) is 0 Å². The Kier molecular flexibility index (Phi) is 2.96. The van der Waals surface area contributed by atoms with E-state index < -0.39 is 23.1 Å². The van der Waals surface area contributed by atoms with Gasteiger partial charge in [0.15, 0.2) is 5.82 Å². The van der Waals surface area contributed by atoms with Crippen molar-refractivity contribution in [1.29, 1.82) is 0 Å². The lowest BCUT2D eigenvalue weighted by atomic mass is 9.98. The number of rotatable bonds is 2. The number of amides is 1. The van der Waals surface area contributed by atoms with Crippen LogP contribution in [0.4, 0.5) is 8.78 Å². The summed E-state index contributed by atoms with van der Waals surface area (Å²) >= 11 is 0. The molecule has 1 fully saturated rings. The highest BCUT2D eigenvalue weighted by atomic mass is 19.1. The summed E-state index contributed by atoms with van der Waals surface area (Å²) in [6.07, 6.45) is 0. The zero-order valence-corrected chi connectivity index (χ0v) is 10.6. The van der Waals surface area contributed by atoms with Crippen molar-refractivity contribution in [2.75, 3.05) is 13.1 Å². The van der Waals surface area contributed by atoms with Crippen LogP contribution in [-0.2, 0) is 0 Å². The van der Waals surface area contributed by atoms with Crippen molar-refractivity contribution in [3.8, 4) is 0 Å². The summed E-state index contributed by atoms with van der Waals surface area (Å²) in [6.45, 7) is 2.33. The molecule has 1 aromatic carbocycles. The van der Waals surface area contributed by atoms with Gasteiger partial charge in [-0.05, 0) is 19.1 Å². The number of nitrogens with zero attached hydrogens (tertiary/aromatic N) is 3. The molecule has 1 aliphatic heterocycles. The molecule has 3 rings (SSSR count). The van der Waals surface area contributed by atoms with Crippen LogP contribution >= 0.6 is 0 Å². The van der Waals surface area contributed by atoms with Gasteiger partial charge in [-0.15, -0.1) is 0 Å². The molecule has 104 valence electrons. The first-order valence-corrected chi connectivity index (χ1v) is 6.09. The molecule has 2 aromatic rings. The lowest BCUT2D eigenvalue weighted by Crippen LogP contribution is -2.49. The normalized spacial score (nSPS) is 15.2. The number of carbonyl (C=O) groups is 1. The van der Waals surface area contributed by atoms with Gasteiger partial charge < -0.3 is 9.42 Å². The highest BCUT2D eigenvalue weighted by molar-refractivity contribution is 5.95. The fourth-order valence-corrected chi connectivity index (χ4v) is 2.14. The van der Waals surface area contributed by atoms with E-state index in [2.05, 4.69) is 10.1 Å². The quantitative estimate of drug-likeness (QED) is 0.842. The number of hydrogen-bond donors (Lipinski definition) is 0. The highest BCUT2D eigenvalue weighted by Crippen LogP contribution is 2.28. The van der Waals surface area contributed by atoms with Crippen LogP contribution in [0.5, 0.6) is 0 Å². The smallest absolute Gasteiger partial charge is 0.259 e. The summed E-state index contributed by atoms with van der Waals surface area (Å²) in [6, 6.07) is 3.35. The van der Waals surface area contributed by atoms with E-state index in [1.54, 1.807) is 6.92 Å². The molecular formula is C13H11F2N3O2. The predicted octanol–water partition coefficient (Wildman–Crippen LogP) is 1.90. The van der Waals surface area contributed by atoms with Gasteiger partial charge in [-0.25, -0.2) is 8.78 Å². The van der Waals surface area contributed by atoms with Gasteiger partial charge in [0.2, 0.25) is 5.89 Å². The van der Waals surface area contributed by atoms with E-state index in [1.807, 2.05) is 0 Å². The number of aryl methyl sites for hydroxylation is 1. The monoisotopic (exact) mass is 279 g/mol. The number of benzene rings is 1. The van der Waals surface area contributed by atoms with Crippen LogP contribution in [0, 0.1) is 18.6 Å². The van der Waals surface area contributed by atoms with E-state index in [0.29, 0.717) is 24.8 Å². The SMILES string of the molecule is Cc1noc(C2CN(C(=O)c3c(F)cccc3F)C2)n1. The summed E-state index contributed by atoms with van der Waals surface area (Å²) in [7, 11) is 0. The maximum atomic E-state index is 13.5. The van der Waals surface area contributed by atoms with Crippen LogP contribution < -0.4 is 0 Å². The van der Waals surface area contributed by atoms with Gasteiger partial charge in [0, 0.05) is 13.1 Å². The summed E-state index contributed by atoms with van der Waals surface area (Å²) < 4.78 is 32.0. The zero-order valence-electron chi connectivity index (χ0n) is 10.6. The Labute approximate surface area is 113 Å². The van der Waals surface area contributed by atoms with E-state index >= 15 is 0 Å². The second-order valence-electron chi connectivity index (χ2n) is 4.68. The van der Waals surface area contributed by atoms with E-state index in [4.69, 9.17) is 4.52 Å². The molecule has 1 saturated heterocycles. The molecule has 5 nitrogen and oxygen atoms in total. The summed E-state index contributed by atoms with van der Waals surface area (Å²) in [5.41, 5.74) is -0.521. The Morgan fingerprint density at radius 3 is 2.55 bits per heavy atom.